The second-order valence-corrected chi connectivity index (χ2v) is 7.48. The summed E-state index contributed by atoms with van der Waals surface area (Å²) in [5.74, 6) is -2.48. The highest BCUT2D eigenvalue weighted by Crippen LogP contribution is 2.38. The lowest BCUT2D eigenvalue weighted by Crippen LogP contribution is -2.55. The maximum atomic E-state index is 13.3. The van der Waals surface area contributed by atoms with Gasteiger partial charge in [0.1, 0.15) is 5.54 Å². The lowest BCUT2D eigenvalue weighted by atomic mass is 9.86. The molecular formula is C22H24F3N3O3. The van der Waals surface area contributed by atoms with Crippen LogP contribution in [-0.2, 0) is 16.1 Å². The predicted octanol–water partition coefficient (Wildman–Crippen LogP) is 3.25. The molecule has 4 rings (SSSR count). The Labute approximate surface area is 178 Å². The zero-order valence-electron chi connectivity index (χ0n) is 16.8. The van der Waals surface area contributed by atoms with Crippen molar-refractivity contribution in [2.24, 2.45) is 0 Å². The van der Waals surface area contributed by atoms with Crippen LogP contribution in [0.2, 0.25) is 0 Å². The molecule has 2 N–H and O–H groups in total. The van der Waals surface area contributed by atoms with Crippen LogP contribution in [0.4, 0.5) is 18.9 Å². The first-order valence-electron chi connectivity index (χ1n) is 9.91. The van der Waals surface area contributed by atoms with Gasteiger partial charge in [-0.2, -0.15) is 13.2 Å². The summed E-state index contributed by atoms with van der Waals surface area (Å²) in [6.45, 7) is 3.14. The molecule has 2 fully saturated rings. The van der Waals surface area contributed by atoms with Crippen LogP contribution in [0.3, 0.4) is 0 Å². The van der Waals surface area contributed by atoms with E-state index in [9.17, 15) is 18.0 Å². The van der Waals surface area contributed by atoms with Crippen molar-refractivity contribution >= 4 is 17.6 Å². The number of carboxylic acids is 1. The number of carboxylic acid groups (broad SMARTS) is 1. The molecule has 0 saturated carbocycles. The topological polar surface area (TPSA) is 72.9 Å². The average molecular weight is 435 g/mol. The minimum Gasteiger partial charge on any atom is -0.475 e. The van der Waals surface area contributed by atoms with Crippen LogP contribution in [0, 0.1) is 0 Å². The minimum absolute atomic E-state index is 0.275. The quantitative estimate of drug-likeness (QED) is 0.775. The normalized spacial score (nSPS) is 18.0. The lowest BCUT2D eigenvalue weighted by molar-refractivity contribution is -0.192. The van der Waals surface area contributed by atoms with Crippen LogP contribution >= 0.6 is 0 Å². The number of rotatable bonds is 3. The molecule has 0 atom stereocenters. The number of benzene rings is 2. The van der Waals surface area contributed by atoms with E-state index in [1.54, 1.807) is 0 Å². The third-order valence-corrected chi connectivity index (χ3v) is 5.47. The molecule has 166 valence electrons. The van der Waals surface area contributed by atoms with E-state index >= 15 is 0 Å². The number of alkyl halides is 3. The van der Waals surface area contributed by atoms with Crippen molar-refractivity contribution in [3.63, 3.8) is 0 Å². The summed E-state index contributed by atoms with van der Waals surface area (Å²) in [4.78, 5) is 26.5. The molecule has 2 aliphatic rings. The van der Waals surface area contributed by atoms with Gasteiger partial charge < -0.3 is 20.2 Å². The highest BCUT2D eigenvalue weighted by atomic mass is 19.4. The molecule has 2 saturated heterocycles. The van der Waals surface area contributed by atoms with E-state index in [1.165, 1.54) is 5.56 Å². The number of amides is 1. The summed E-state index contributed by atoms with van der Waals surface area (Å²) in [6.07, 6.45) is -3.35. The molecule has 31 heavy (non-hydrogen) atoms. The second kappa shape index (κ2) is 9.38. The van der Waals surface area contributed by atoms with Gasteiger partial charge in [0.05, 0.1) is 6.67 Å². The van der Waals surface area contributed by atoms with E-state index in [0.717, 1.165) is 31.6 Å². The zero-order valence-corrected chi connectivity index (χ0v) is 16.8. The largest absolute Gasteiger partial charge is 0.490 e. The SMILES string of the molecule is O=C(O)C(F)(F)F.O=C1N(Cc2ccccc2)CN(c2ccccc2)C12CCNCC2. The predicted molar refractivity (Wildman–Crippen MR) is 109 cm³/mol. The molecule has 6 nitrogen and oxygen atoms in total. The monoisotopic (exact) mass is 435 g/mol. The third kappa shape index (κ3) is 5.16. The van der Waals surface area contributed by atoms with Gasteiger partial charge in [-0.15, -0.1) is 0 Å². The molecule has 2 aromatic carbocycles. The van der Waals surface area contributed by atoms with E-state index in [0.29, 0.717) is 13.2 Å². The van der Waals surface area contributed by atoms with Gasteiger partial charge in [0.15, 0.2) is 0 Å². The molecule has 0 radical (unpaired) electrons. The Morgan fingerprint density at radius 3 is 2.03 bits per heavy atom. The minimum atomic E-state index is -5.08. The fourth-order valence-corrected chi connectivity index (χ4v) is 3.97. The van der Waals surface area contributed by atoms with Crippen LogP contribution in [0.5, 0.6) is 0 Å². The number of nitrogens with zero attached hydrogens (tertiary/aromatic N) is 2. The van der Waals surface area contributed by atoms with Crippen LogP contribution in [-0.4, -0.2) is 53.4 Å². The smallest absolute Gasteiger partial charge is 0.475 e. The number of hydrogen-bond acceptors (Lipinski definition) is 4. The van der Waals surface area contributed by atoms with E-state index < -0.39 is 12.1 Å². The highest BCUT2D eigenvalue weighted by Gasteiger charge is 2.52. The second-order valence-electron chi connectivity index (χ2n) is 7.48. The molecule has 2 aromatic rings. The Bertz CT molecular complexity index is 885. The number of halogens is 3. The summed E-state index contributed by atoms with van der Waals surface area (Å²) >= 11 is 0. The first-order valence-corrected chi connectivity index (χ1v) is 9.91. The number of nitrogens with one attached hydrogen (secondary N) is 1. The summed E-state index contributed by atoms with van der Waals surface area (Å²) in [6, 6.07) is 20.6. The van der Waals surface area contributed by atoms with Crippen molar-refractivity contribution in [3.05, 3.63) is 66.2 Å². The van der Waals surface area contributed by atoms with Gasteiger partial charge in [-0.1, -0.05) is 48.5 Å². The number of carbonyl (C=O) groups excluding carboxylic acids is 1. The van der Waals surface area contributed by atoms with Gasteiger partial charge in [0.25, 0.3) is 0 Å². The summed E-state index contributed by atoms with van der Waals surface area (Å²) in [5.41, 5.74) is 1.94. The van der Waals surface area contributed by atoms with Gasteiger partial charge in [-0.25, -0.2) is 4.79 Å². The van der Waals surface area contributed by atoms with Crippen LogP contribution < -0.4 is 10.2 Å². The molecule has 1 spiro atoms. The van der Waals surface area contributed by atoms with Crippen LogP contribution in [0.25, 0.3) is 0 Å². The van der Waals surface area contributed by atoms with Crippen molar-refractivity contribution in [2.75, 3.05) is 24.7 Å². The molecule has 1 amide bonds. The van der Waals surface area contributed by atoms with Crippen molar-refractivity contribution < 1.29 is 27.9 Å². The first-order chi connectivity index (χ1) is 14.7. The Hall–Kier alpha value is -3.07. The first kappa shape index (κ1) is 22.6. The number of aliphatic carboxylic acids is 1. The van der Waals surface area contributed by atoms with Gasteiger partial charge >= 0.3 is 12.1 Å². The Balaban J connectivity index is 0.000000339. The maximum Gasteiger partial charge on any atom is 0.490 e. The molecule has 0 aliphatic carbocycles. The molecule has 0 bridgehead atoms. The zero-order chi connectivity index (χ0) is 22.5. The fourth-order valence-electron chi connectivity index (χ4n) is 3.97. The van der Waals surface area contributed by atoms with Gasteiger partial charge in [0, 0.05) is 12.2 Å². The van der Waals surface area contributed by atoms with Gasteiger partial charge in [0.2, 0.25) is 5.91 Å². The summed E-state index contributed by atoms with van der Waals surface area (Å²) < 4.78 is 31.7. The average Bonchev–Trinajstić information content (AvgIpc) is 3.01. The van der Waals surface area contributed by atoms with Crippen molar-refractivity contribution in [3.8, 4) is 0 Å². The number of piperidine rings is 1. The molecular weight excluding hydrogens is 411 g/mol. The summed E-state index contributed by atoms with van der Waals surface area (Å²) in [5, 5.41) is 10.5. The van der Waals surface area contributed by atoms with Crippen LogP contribution in [0.1, 0.15) is 18.4 Å². The molecule has 2 aliphatic heterocycles. The standard InChI is InChI=1S/C20H23N3O.C2HF3O2/c24-19-20(11-13-21-14-12-20)23(18-9-5-2-6-10-18)16-22(19)15-17-7-3-1-4-8-17;3-2(4,5)1(6)7/h1-10,21H,11-16H2;(H,6,7). The third-order valence-electron chi connectivity index (χ3n) is 5.47. The van der Waals surface area contributed by atoms with E-state index in [4.69, 9.17) is 9.90 Å². The van der Waals surface area contributed by atoms with E-state index in [1.807, 2.05) is 29.2 Å². The molecule has 0 unspecified atom stereocenters. The number of carbonyl (C=O) groups is 2. The maximum absolute atomic E-state index is 13.3. The molecule has 2 heterocycles. The van der Waals surface area contributed by atoms with Gasteiger partial charge in [-0.05, 0) is 43.6 Å². The number of hydrogen-bond donors (Lipinski definition) is 2. The number of para-hydroxylation sites is 1. The van der Waals surface area contributed by atoms with Crippen molar-refractivity contribution in [1.29, 1.82) is 0 Å². The Morgan fingerprint density at radius 2 is 1.52 bits per heavy atom. The molecule has 0 aromatic heterocycles. The fraction of sp³-hybridized carbons (Fsp3) is 0.364. The van der Waals surface area contributed by atoms with E-state index in [2.05, 4.69) is 46.6 Å². The van der Waals surface area contributed by atoms with Crippen LogP contribution in [0.15, 0.2) is 60.7 Å². The lowest BCUT2D eigenvalue weighted by Gasteiger charge is -2.40. The summed E-state index contributed by atoms with van der Waals surface area (Å²) in [7, 11) is 0. The molecule has 9 heteroatoms. The van der Waals surface area contributed by atoms with Crippen molar-refractivity contribution in [1.82, 2.24) is 10.2 Å². The van der Waals surface area contributed by atoms with E-state index in [-0.39, 0.29) is 11.4 Å². The number of anilines is 1. The Kier molecular flexibility index (Phi) is 6.84. The highest BCUT2D eigenvalue weighted by molar-refractivity contribution is 5.93. The van der Waals surface area contributed by atoms with Gasteiger partial charge in [-0.3, -0.25) is 4.79 Å². The van der Waals surface area contributed by atoms with Crippen molar-refractivity contribution in [2.45, 2.75) is 31.1 Å². The Morgan fingerprint density at radius 1 is 1.00 bits per heavy atom.